The summed E-state index contributed by atoms with van der Waals surface area (Å²) in [6.45, 7) is 2.80. The zero-order valence-corrected chi connectivity index (χ0v) is 11.6. The number of nitrogen functional groups attached to an aromatic ring is 1. The first-order valence-electron chi connectivity index (χ1n) is 6.52. The quantitative estimate of drug-likeness (QED) is 0.742. The van der Waals surface area contributed by atoms with Gasteiger partial charge in [-0.15, -0.1) is 0 Å². The van der Waals surface area contributed by atoms with Crippen molar-refractivity contribution in [3.8, 4) is 5.75 Å². The number of benzene rings is 2. The van der Waals surface area contributed by atoms with Crippen molar-refractivity contribution in [3.63, 3.8) is 0 Å². The van der Waals surface area contributed by atoms with Crippen LogP contribution in [0.2, 0.25) is 0 Å². The second-order valence-corrected chi connectivity index (χ2v) is 4.84. The van der Waals surface area contributed by atoms with Gasteiger partial charge in [-0.2, -0.15) is 0 Å². The van der Waals surface area contributed by atoms with Crippen LogP contribution < -0.4 is 10.5 Å². The van der Waals surface area contributed by atoms with E-state index < -0.39 is 0 Å². The number of imidazole rings is 1. The molecule has 3 rings (SSSR count). The molecule has 1 aromatic heterocycles. The van der Waals surface area contributed by atoms with Gasteiger partial charge in [0.25, 0.3) is 0 Å². The van der Waals surface area contributed by atoms with Crippen LogP contribution in [-0.2, 0) is 6.54 Å². The molecular formula is C16H17N3O. The maximum atomic E-state index is 5.72. The number of fused-ring (bicyclic) bond motifs is 1. The number of anilines is 1. The summed E-state index contributed by atoms with van der Waals surface area (Å²) in [5.74, 6) is 1.82. The zero-order valence-electron chi connectivity index (χ0n) is 11.6. The molecule has 4 nitrogen and oxygen atoms in total. The maximum Gasteiger partial charge on any atom is 0.121 e. The van der Waals surface area contributed by atoms with Gasteiger partial charge in [-0.25, -0.2) is 4.98 Å². The SMILES string of the molecule is COc1ccc2c(c1)nc(C)n2Cc1ccc(N)cc1. The minimum absolute atomic E-state index is 0.783. The zero-order chi connectivity index (χ0) is 14.1. The van der Waals surface area contributed by atoms with E-state index in [0.717, 1.165) is 34.8 Å². The van der Waals surface area contributed by atoms with E-state index in [2.05, 4.69) is 9.55 Å². The number of methoxy groups -OCH3 is 1. The van der Waals surface area contributed by atoms with Crippen LogP contribution in [-0.4, -0.2) is 16.7 Å². The molecule has 2 N–H and O–H groups in total. The smallest absolute Gasteiger partial charge is 0.121 e. The molecule has 0 aliphatic carbocycles. The Morgan fingerprint density at radius 1 is 1.15 bits per heavy atom. The van der Waals surface area contributed by atoms with E-state index in [1.165, 1.54) is 5.56 Å². The number of ether oxygens (including phenoxy) is 1. The third-order valence-corrected chi connectivity index (χ3v) is 3.47. The Balaban J connectivity index is 2.02. The molecule has 0 spiro atoms. The lowest BCUT2D eigenvalue weighted by atomic mass is 10.2. The van der Waals surface area contributed by atoms with Gasteiger partial charge in [-0.3, -0.25) is 0 Å². The van der Waals surface area contributed by atoms with Crippen LogP contribution in [0.5, 0.6) is 5.75 Å². The van der Waals surface area contributed by atoms with Crippen LogP contribution in [0.4, 0.5) is 5.69 Å². The summed E-state index contributed by atoms with van der Waals surface area (Å²) < 4.78 is 7.43. The highest BCUT2D eigenvalue weighted by atomic mass is 16.5. The number of hydrogen-bond acceptors (Lipinski definition) is 3. The molecular weight excluding hydrogens is 250 g/mol. The summed E-state index contributed by atoms with van der Waals surface area (Å²) >= 11 is 0. The number of nitrogens with two attached hydrogens (primary N) is 1. The third-order valence-electron chi connectivity index (χ3n) is 3.47. The molecule has 0 radical (unpaired) electrons. The summed E-state index contributed by atoms with van der Waals surface area (Å²) in [5, 5.41) is 0. The van der Waals surface area contributed by atoms with Crippen LogP contribution in [0, 0.1) is 6.92 Å². The van der Waals surface area contributed by atoms with Crippen molar-refractivity contribution >= 4 is 16.7 Å². The molecule has 1 heterocycles. The molecule has 20 heavy (non-hydrogen) atoms. The van der Waals surface area contributed by atoms with Crippen LogP contribution in [0.1, 0.15) is 11.4 Å². The molecule has 0 saturated heterocycles. The summed E-state index contributed by atoms with van der Waals surface area (Å²) in [5.41, 5.74) is 9.78. The lowest BCUT2D eigenvalue weighted by Crippen LogP contribution is -2.02. The van der Waals surface area contributed by atoms with Crippen molar-refractivity contribution < 1.29 is 4.74 Å². The molecule has 102 valence electrons. The predicted molar refractivity (Wildman–Crippen MR) is 81.0 cm³/mol. The van der Waals surface area contributed by atoms with E-state index in [0.29, 0.717) is 0 Å². The van der Waals surface area contributed by atoms with Crippen molar-refractivity contribution in [2.45, 2.75) is 13.5 Å². The summed E-state index contributed by atoms with van der Waals surface area (Å²) in [6.07, 6.45) is 0. The van der Waals surface area contributed by atoms with E-state index in [1.807, 2.05) is 49.4 Å². The van der Waals surface area contributed by atoms with Gasteiger partial charge in [0.05, 0.1) is 18.1 Å². The van der Waals surface area contributed by atoms with E-state index in [4.69, 9.17) is 10.5 Å². The Kier molecular flexibility index (Phi) is 3.06. The van der Waals surface area contributed by atoms with Gasteiger partial charge in [0.2, 0.25) is 0 Å². The van der Waals surface area contributed by atoms with Gasteiger partial charge in [0, 0.05) is 18.3 Å². The van der Waals surface area contributed by atoms with Gasteiger partial charge in [0.1, 0.15) is 11.6 Å². The van der Waals surface area contributed by atoms with Crippen molar-refractivity contribution in [2.75, 3.05) is 12.8 Å². The maximum absolute atomic E-state index is 5.72. The average molecular weight is 267 g/mol. The molecule has 0 saturated carbocycles. The Hall–Kier alpha value is -2.49. The molecule has 0 fully saturated rings. The monoisotopic (exact) mass is 267 g/mol. The minimum atomic E-state index is 0.783. The third kappa shape index (κ3) is 2.20. The Morgan fingerprint density at radius 3 is 2.60 bits per heavy atom. The van der Waals surface area contributed by atoms with Crippen molar-refractivity contribution in [3.05, 3.63) is 53.9 Å². The molecule has 3 aromatic rings. The van der Waals surface area contributed by atoms with Gasteiger partial charge in [0.15, 0.2) is 0 Å². The Bertz CT molecular complexity index is 744. The molecule has 0 bridgehead atoms. The molecule has 0 aliphatic heterocycles. The van der Waals surface area contributed by atoms with E-state index in [9.17, 15) is 0 Å². The van der Waals surface area contributed by atoms with Gasteiger partial charge < -0.3 is 15.0 Å². The number of aromatic nitrogens is 2. The van der Waals surface area contributed by atoms with Crippen LogP contribution in [0.3, 0.4) is 0 Å². The van der Waals surface area contributed by atoms with E-state index >= 15 is 0 Å². The summed E-state index contributed by atoms with van der Waals surface area (Å²) in [6, 6.07) is 13.9. The second kappa shape index (κ2) is 4.89. The lowest BCUT2D eigenvalue weighted by Gasteiger charge is -2.07. The van der Waals surface area contributed by atoms with E-state index in [1.54, 1.807) is 7.11 Å². The van der Waals surface area contributed by atoms with Gasteiger partial charge >= 0.3 is 0 Å². The Morgan fingerprint density at radius 2 is 1.90 bits per heavy atom. The van der Waals surface area contributed by atoms with Gasteiger partial charge in [-0.05, 0) is 36.8 Å². The first kappa shape index (κ1) is 12.5. The molecule has 4 heteroatoms. The fourth-order valence-electron chi connectivity index (χ4n) is 2.36. The van der Waals surface area contributed by atoms with Crippen molar-refractivity contribution in [2.24, 2.45) is 0 Å². The predicted octanol–water partition coefficient (Wildman–Crippen LogP) is 2.98. The standard InChI is InChI=1S/C16H17N3O/c1-11-18-15-9-14(20-2)7-8-16(15)19(11)10-12-3-5-13(17)6-4-12/h3-9H,10,17H2,1-2H3. The highest BCUT2D eigenvalue weighted by Gasteiger charge is 2.08. The van der Waals surface area contributed by atoms with Crippen molar-refractivity contribution in [1.82, 2.24) is 9.55 Å². The normalized spacial score (nSPS) is 10.9. The largest absolute Gasteiger partial charge is 0.497 e. The topological polar surface area (TPSA) is 53.1 Å². The van der Waals surface area contributed by atoms with Crippen LogP contribution in [0.15, 0.2) is 42.5 Å². The molecule has 0 unspecified atom stereocenters. The highest BCUT2D eigenvalue weighted by Crippen LogP contribution is 2.22. The summed E-state index contributed by atoms with van der Waals surface area (Å²) in [4.78, 5) is 4.59. The van der Waals surface area contributed by atoms with Gasteiger partial charge in [-0.1, -0.05) is 12.1 Å². The Labute approximate surface area is 117 Å². The minimum Gasteiger partial charge on any atom is -0.497 e. The summed E-state index contributed by atoms with van der Waals surface area (Å²) in [7, 11) is 1.67. The number of rotatable bonds is 3. The van der Waals surface area contributed by atoms with Crippen LogP contribution in [0.25, 0.3) is 11.0 Å². The molecule has 0 atom stereocenters. The fraction of sp³-hybridized carbons (Fsp3) is 0.188. The number of hydrogen-bond donors (Lipinski definition) is 1. The lowest BCUT2D eigenvalue weighted by molar-refractivity contribution is 0.415. The van der Waals surface area contributed by atoms with Crippen LogP contribution >= 0.6 is 0 Å². The molecule has 0 aliphatic rings. The molecule has 2 aromatic carbocycles. The average Bonchev–Trinajstić information content (AvgIpc) is 2.76. The second-order valence-electron chi connectivity index (χ2n) is 4.84. The van der Waals surface area contributed by atoms with Crippen molar-refractivity contribution in [1.29, 1.82) is 0 Å². The fourth-order valence-corrected chi connectivity index (χ4v) is 2.36. The number of aryl methyl sites for hydroxylation is 1. The van der Waals surface area contributed by atoms with E-state index in [-0.39, 0.29) is 0 Å². The highest BCUT2D eigenvalue weighted by molar-refractivity contribution is 5.78. The first-order valence-corrected chi connectivity index (χ1v) is 6.52. The number of nitrogens with zero attached hydrogens (tertiary/aromatic N) is 2. The molecule has 0 amide bonds. The first-order chi connectivity index (χ1) is 9.67.